The van der Waals surface area contributed by atoms with E-state index in [9.17, 15) is 9.59 Å². The highest BCUT2D eigenvalue weighted by atomic mass is 16.5. The van der Waals surface area contributed by atoms with E-state index in [1.165, 1.54) is 0 Å². The van der Waals surface area contributed by atoms with Crippen molar-refractivity contribution in [1.29, 1.82) is 0 Å². The van der Waals surface area contributed by atoms with E-state index in [-0.39, 0.29) is 5.91 Å². The summed E-state index contributed by atoms with van der Waals surface area (Å²) in [6, 6.07) is 14.6. The minimum absolute atomic E-state index is 0.0364. The van der Waals surface area contributed by atoms with Crippen molar-refractivity contribution in [1.82, 2.24) is 9.80 Å². The van der Waals surface area contributed by atoms with Crippen molar-refractivity contribution in [3.8, 4) is 5.75 Å². The lowest BCUT2D eigenvalue weighted by Crippen LogP contribution is -2.48. The molecule has 2 N–H and O–H groups in total. The van der Waals surface area contributed by atoms with E-state index in [0.717, 1.165) is 25.2 Å². The first kappa shape index (κ1) is 17.9. The Bertz CT molecular complexity index is 781. The Hall–Kier alpha value is -2.86. The normalized spacial score (nSPS) is 14.9. The van der Waals surface area contributed by atoms with E-state index in [0.29, 0.717) is 30.0 Å². The number of hydrogen-bond donors (Lipinski definition) is 1. The van der Waals surface area contributed by atoms with E-state index in [1.54, 1.807) is 25.3 Å². The third-order valence-corrected chi connectivity index (χ3v) is 4.62. The van der Waals surface area contributed by atoms with Crippen molar-refractivity contribution in [3.63, 3.8) is 0 Å². The summed E-state index contributed by atoms with van der Waals surface area (Å²) in [5.74, 6) is 0.310. The summed E-state index contributed by atoms with van der Waals surface area (Å²) in [5, 5.41) is 0. The first-order valence-corrected chi connectivity index (χ1v) is 8.61. The van der Waals surface area contributed by atoms with Crippen LogP contribution in [0.5, 0.6) is 5.75 Å². The van der Waals surface area contributed by atoms with Gasteiger partial charge in [0.05, 0.1) is 7.11 Å². The van der Waals surface area contributed by atoms with Gasteiger partial charge in [-0.2, -0.15) is 0 Å². The number of piperazine rings is 1. The van der Waals surface area contributed by atoms with Crippen molar-refractivity contribution in [2.45, 2.75) is 6.54 Å². The molecule has 0 radical (unpaired) electrons. The molecule has 26 heavy (non-hydrogen) atoms. The quantitative estimate of drug-likeness (QED) is 0.889. The van der Waals surface area contributed by atoms with Gasteiger partial charge in [0.2, 0.25) is 5.91 Å². The minimum Gasteiger partial charge on any atom is -0.497 e. The summed E-state index contributed by atoms with van der Waals surface area (Å²) in [6.45, 7) is 3.80. The molecule has 2 aromatic rings. The zero-order valence-corrected chi connectivity index (χ0v) is 14.9. The summed E-state index contributed by atoms with van der Waals surface area (Å²) in [6.07, 6.45) is 0. The smallest absolute Gasteiger partial charge is 0.254 e. The molecule has 1 saturated heterocycles. The fourth-order valence-corrected chi connectivity index (χ4v) is 3.08. The third kappa shape index (κ3) is 4.21. The molecule has 0 bridgehead atoms. The standard InChI is InChI=1S/C20H23N3O3/c1-26-18-4-2-3-17(13-18)20(25)23-11-9-22(10-12-23)14-15-5-7-16(8-6-15)19(21)24/h2-8,13H,9-12,14H2,1H3,(H2,21,24). The number of carbonyl (C=O) groups is 2. The van der Waals surface area contributed by atoms with Gasteiger partial charge in [0, 0.05) is 43.9 Å². The number of amides is 2. The Morgan fingerprint density at radius 1 is 1.00 bits per heavy atom. The average Bonchev–Trinajstić information content (AvgIpc) is 2.68. The molecule has 1 fully saturated rings. The van der Waals surface area contributed by atoms with Crippen LogP contribution in [0.1, 0.15) is 26.3 Å². The Morgan fingerprint density at radius 2 is 1.69 bits per heavy atom. The second kappa shape index (κ2) is 8.01. The summed E-state index contributed by atoms with van der Waals surface area (Å²) < 4.78 is 5.19. The van der Waals surface area contributed by atoms with Crippen LogP contribution in [0.15, 0.2) is 48.5 Å². The van der Waals surface area contributed by atoms with Crippen molar-refractivity contribution < 1.29 is 14.3 Å². The molecule has 0 spiro atoms. The Labute approximate surface area is 153 Å². The molecule has 0 atom stereocenters. The number of carbonyl (C=O) groups excluding carboxylic acids is 2. The molecule has 2 amide bonds. The lowest BCUT2D eigenvalue weighted by molar-refractivity contribution is 0.0628. The van der Waals surface area contributed by atoms with E-state index >= 15 is 0 Å². The van der Waals surface area contributed by atoms with Gasteiger partial charge in [0.15, 0.2) is 0 Å². The van der Waals surface area contributed by atoms with Crippen LogP contribution in [0.4, 0.5) is 0 Å². The Balaban J connectivity index is 1.55. The van der Waals surface area contributed by atoms with E-state index in [2.05, 4.69) is 4.90 Å². The number of methoxy groups -OCH3 is 1. The second-order valence-electron chi connectivity index (χ2n) is 6.36. The Morgan fingerprint density at radius 3 is 2.31 bits per heavy atom. The average molecular weight is 353 g/mol. The largest absolute Gasteiger partial charge is 0.497 e. The predicted molar refractivity (Wildman–Crippen MR) is 99.1 cm³/mol. The van der Waals surface area contributed by atoms with Crippen molar-refractivity contribution in [3.05, 3.63) is 65.2 Å². The summed E-state index contributed by atoms with van der Waals surface area (Å²) in [5.41, 5.74) is 7.56. The summed E-state index contributed by atoms with van der Waals surface area (Å²) in [4.78, 5) is 27.9. The zero-order valence-electron chi connectivity index (χ0n) is 14.9. The van der Waals surface area contributed by atoms with Gasteiger partial charge in [-0.1, -0.05) is 18.2 Å². The number of ether oxygens (including phenoxy) is 1. The predicted octanol–water partition coefficient (Wildman–Crippen LogP) is 1.75. The number of nitrogens with zero attached hydrogens (tertiary/aromatic N) is 2. The molecule has 0 aromatic heterocycles. The lowest BCUT2D eigenvalue weighted by Gasteiger charge is -2.34. The number of rotatable bonds is 5. The monoisotopic (exact) mass is 353 g/mol. The topological polar surface area (TPSA) is 75.9 Å². The van der Waals surface area contributed by atoms with Crippen LogP contribution in [0, 0.1) is 0 Å². The van der Waals surface area contributed by atoms with Gasteiger partial charge >= 0.3 is 0 Å². The van der Waals surface area contributed by atoms with Crippen LogP contribution in [0.2, 0.25) is 0 Å². The van der Waals surface area contributed by atoms with Crippen LogP contribution >= 0.6 is 0 Å². The second-order valence-corrected chi connectivity index (χ2v) is 6.36. The van der Waals surface area contributed by atoms with Crippen LogP contribution in [0.3, 0.4) is 0 Å². The van der Waals surface area contributed by atoms with Crippen LogP contribution in [-0.2, 0) is 6.54 Å². The molecule has 1 aliphatic rings. The molecule has 0 aliphatic carbocycles. The highest BCUT2D eigenvalue weighted by Gasteiger charge is 2.22. The first-order valence-electron chi connectivity index (χ1n) is 8.61. The maximum Gasteiger partial charge on any atom is 0.254 e. The fraction of sp³-hybridized carbons (Fsp3) is 0.300. The zero-order chi connectivity index (χ0) is 18.5. The van der Waals surface area contributed by atoms with Crippen molar-refractivity contribution >= 4 is 11.8 Å². The molecule has 136 valence electrons. The van der Waals surface area contributed by atoms with Gasteiger partial charge in [0.1, 0.15) is 5.75 Å². The maximum absolute atomic E-state index is 12.6. The minimum atomic E-state index is -0.416. The highest BCUT2D eigenvalue weighted by Crippen LogP contribution is 2.16. The maximum atomic E-state index is 12.6. The molecular weight excluding hydrogens is 330 g/mol. The van der Waals surface area contributed by atoms with Crippen molar-refractivity contribution in [2.24, 2.45) is 5.73 Å². The molecule has 6 heteroatoms. The number of benzene rings is 2. The van der Waals surface area contributed by atoms with Crippen LogP contribution < -0.4 is 10.5 Å². The van der Waals surface area contributed by atoms with Gasteiger partial charge in [-0.15, -0.1) is 0 Å². The Kier molecular flexibility index (Phi) is 5.53. The molecule has 1 aliphatic heterocycles. The highest BCUT2D eigenvalue weighted by molar-refractivity contribution is 5.94. The van der Waals surface area contributed by atoms with Gasteiger partial charge in [0.25, 0.3) is 5.91 Å². The van der Waals surface area contributed by atoms with Gasteiger partial charge in [-0.25, -0.2) is 0 Å². The van der Waals surface area contributed by atoms with Crippen molar-refractivity contribution in [2.75, 3.05) is 33.3 Å². The molecular formula is C20H23N3O3. The lowest BCUT2D eigenvalue weighted by atomic mass is 10.1. The SMILES string of the molecule is COc1cccc(C(=O)N2CCN(Cc3ccc(C(N)=O)cc3)CC2)c1. The molecule has 0 unspecified atom stereocenters. The van der Waals surface area contributed by atoms with E-state index in [4.69, 9.17) is 10.5 Å². The molecule has 1 heterocycles. The molecule has 3 rings (SSSR count). The van der Waals surface area contributed by atoms with Gasteiger partial charge in [-0.05, 0) is 35.9 Å². The first-order chi connectivity index (χ1) is 12.6. The van der Waals surface area contributed by atoms with Crippen LogP contribution in [-0.4, -0.2) is 54.9 Å². The number of hydrogen-bond acceptors (Lipinski definition) is 4. The van der Waals surface area contributed by atoms with Gasteiger partial charge in [-0.3, -0.25) is 14.5 Å². The number of primary amides is 1. The molecule has 2 aromatic carbocycles. The number of nitrogens with two attached hydrogens (primary N) is 1. The van der Waals surface area contributed by atoms with Crippen LogP contribution in [0.25, 0.3) is 0 Å². The van der Waals surface area contributed by atoms with E-state index in [1.807, 2.05) is 35.2 Å². The van der Waals surface area contributed by atoms with Gasteiger partial charge < -0.3 is 15.4 Å². The fourth-order valence-electron chi connectivity index (χ4n) is 3.08. The summed E-state index contributed by atoms with van der Waals surface area (Å²) >= 11 is 0. The molecule has 0 saturated carbocycles. The third-order valence-electron chi connectivity index (χ3n) is 4.62. The van der Waals surface area contributed by atoms with E-state index < -0.39 is 5.91 Å². The summed E-state index contributed by atoms with van der Waals surface area (Å²) in [7, 11) is 1.60. The molecule has 6 nitrogen and oxygen atoms in total.